The lowest BCUT2D eigenvalue weighted by Gasteiger charge is -2.20. The van der Waals surface area contributed by atoms with E-state index in [1.807, 2.05) is 37.3 Å². The van der Waals surface area contributed by atoms with E-state index < -0.39 is 12.0 Å². The van der Waals surface area contributed by atoms with Gasteiger partial charge in [-0.15, -0.1) is 5.10 Å². The minimum atomic E-state index is -0.910. The first-order chi connectivity index (χ1) is 8.20. The van der Waals surface area contributed by atoms with Crippen LogP contribution in [0.4, 0.5) is 0 Å². The molecule has 0 radical (unpaired) electrons. The fourth-order valence-corrected chi connectivity index (χ4v) is 1.86. The highest BCUT2D eigenvalue weighted by Crippen LogP contribution is 2.27. The molecule has 0 spiro atoms. The molecule has 0 saturated carbocycles. The third-order valence-electron chi connectivity index (χ3n) is 2.78. The van der Waals surface area contributed by atoms with Crippen molar-refractivity contribution in [2.24, 2.45) is 0 Å². The predicted molar refractivity (Wildman–Crippen MR) is 61.6 cm³/mol. The van der Waals surface area contributed by atoms with Gasteiger partial charge in [-0.1, -0.05) is 42.5 Å². The van der Waals surface area contributed by atoms with E-state index in [0.717, 1.165) is 5.56 Å². The molecule has 1 N–H and O–H groups in total. The molecule has 2 unspecified atom stereocenters. The molecule has 0 aliphatic rings. The number of hydrogen-bond acceptors (Lipinski definition) is 3. The van der Waals surface area contributed by atoms with Crippen molar-refractivity contribution in [3.8, 4) is 0 Å². The van der Waals surface area contributed by atoms with Crippen molar-refractivity contribution in [1.82, 2.24) is 15.0 Å². The van der Waals surface area contributed by atoms with Gasteiger partial charge in [-0.25, -0.2) is 9.48 Å². The molecule has 0 bridgehead atoms. The van der Waals surface area contributed by atoms with Gasteiger partial charge in [0.05, 0.1) is 6.20 Å². The molecule has 88 valence electrons. The van der Waals surface area contributed by atoms with Crippen LogP contribution in [0.1, 0.15) is 24.4 Å². The van der Waals surface area contributed by atoms with Crippen LogP contribution >= 0.6 is 0 Å². The van der Waals surface area contributed by atoms with Crippen molar-refractivity contribution in [3.63, 3.8) is 0 Å². The molecule has 0 aliphatic carbocycles. The highest BCUT2D eigenvalue weighted by atomic mass is 16.4. The second-order valence-electron chi connectivity index (χ2n) is 3.87. The maximum absolute atomic E-state index is 11.3. The number of carboxylic acid groups (broad SMARTS) is 1. The van der Waals surface area contributed by atoms with Crippen molar-refractivity contribution in [1.29, 1.82) is 0 Å². The van der Waals surface area contributed by atoms with E-state index in [2.05, 4.69) is 10.3 Å². The summed E-state index contributed by atoms with van der Waals surface area (Å²) in [7, 11) is 0. The highest BCUT2D eigenvalue weighted by Gasteiger charge is 2.28. The fourth-order valence-electron chi connectivity index (χ4n) is 1.86. The van der Waals surface area contributed by atoms with Crippen LogP contribution in [-0.2, 0) is 4.79 Å². The number of carboxylic acids is 1. The first-order valence-corrected chi connectivity index (χ1v) is 5.33. The lowest BCUT2D eigenvalue weighted by molar-refractivity contribution is -0.141. The molecule has 0 aliphatic heterocycles. The Hall–Kier alpha value is -2.17. The summed E-state index contributed by atoms with van der Waals surface area (Å²) >= 11 is 0. The summed E-state index contributed by atoms with van der Waals surface area (Å²) in [6.07, 6.45) is 3.05. The zero-order chi connectivity index (χ0) is 12.3. The van der Waals surface area contributed by atoms with Gasteiger partial charge in [0, 0.05) is 12.1 Å². The van der Waals surface area contributed by atoms with Crippen LogP contribution in [0, 0.1) is 0 Å². The Morgan fingerprint density at radius 3 is 2.59 bits per heavy atom. The Bertz CT molecular complexity index is 482. The van der Waals surface area contributed by atoms with Gasteiger partial charge in [0.1, 0.15) is 0 Å². The van der Waals surface area contributed by atoms with E-state index in [9.17, 15) is 9.90 Å². The molecule has 1 aromatic heterocycles. The quantitative estimate of drug-likeness (QED) is 0.869. The van der Waals surface area contributed by atoms with Gasteiger partial charge in [-0.05, 0) is 5.56 Å². The third kappa shape index (κ3) is 2.33. The second-order valence-corrected chi connectivity index (χ2v) is 3.87. The van der Waals surface area contributed by atoms with Crippen LogP contribution in [0.15, 0.2) is 42.7 Å². The number of rotatable bonds is 4. The molecule has 1 heterocycles. The summed E-state index contributed by atoms with van der Waals surface area (Å²) in [5.41, 5.74) is 0.968. The number of aromatic nitrogens is 3. The highest BCUT2D eigenvalue weighted by molar-refractivity contribution is 5.73. The molecule has 5 heteroatoms. The van der Waals surface area contributed by atoms with Gasteiger partial charge in [0.15, 0.2) is 6.04 Å². The van der Waals surface area contributed by atoms with Crippen LogP contribution in [0.25, 0.3) is 0 Å². The second kappa shape index (κ2) is 4.78. The van der Waals surface area contributed by atoms with E-state index in [4.69, 9.17) is 0 Å². The summed E-state index contributed by atoms with van der Waals surface area (Å²) in [4.78, 5) is 11.3. The van der Waals surface area contributed by atoms with Gasteiger partial charge in [-0.3, -0.25) is 0 Å². The van der Waals surface area contributed by atoms with Gasteiger partial charge in [0.2, 0.25) is 0 Å². The lowest BCUT2D eigenvalue weighted by atomic mass is 9.93. The largest absolute Gasteiger partial charge is 0.480 e. The standard InChI is InChI=1S/C12H13N3O2/c1-9(10-5-3-2-4-6-10)11(12(16)17)15-8-7-13-14-15/h2-9,11H,1H3,(H,16,17). The van der Waals surface area contributed by atoms with Crippen LogP contribution < -0.4 is 0 Å². The SMILES string of the molecule is CC(c1ccccc1)C(C(=O)O)n1ccnn1. The van der Waals surface area contributed by atoms with E-state index in [1.54, 1.807) is 6.20 Å². The zero-order valence-corrected chi connectivity index (χ0v) is 9.39. The Morgan fingerprint density at radius 2 is 2.06 bits per heavy atom. The maximum atomic E-state index is 11.3. The molecule has 0 saturated heterocycles. The Morgan fingerprint density at radius 1 is 1.35 bits per heavy atom. The third-order valence-corrected chi connectivity index (χ3v) is 2.78. The summed E-state index contributed by atoms with van der Waals surface area (Å²) < 4.78 is 1.38. The molecule has 17 heavy (non-hydrogen) atoms. The predicted octanol–water partition coefficient (Wildman–Crippen LogP) is 1.71. The van der Waals surface area contributed by atoms with E-state index >= 15 is 0 Å². The average molecular weight is 231 g/mol. The first kappa shape index (κ1) is 11.3. The topological polar surface area (TPSA) is 68.0 Å². The van der Waals surface area contributed by atoms with Crippen molar-refractivity contribution in [2.45, 2.75) is 18.9 Å². The smallest absolute Gasteiger partial charge is 0.329 e. The summed E-state index contributed by atoms with van der Waals surface area (Å²) in [5, 5.41) is 16.7. The monoisotopic (exact) mass is 231 g/mol. The normalized spacial score (nSPS) is 14.2. The maximum Gasteiger partial charge on any atom is 0.329 e. The van der Waals surface area contributed by atoms with Gasteiger partial charge in [-0.2, -0.15) is 0 Å². The zero-order valence-electron chi connectivity index (χ0n) is 9.39. The molecule has 2 aromatic rings. The first-order valence-electron chi connectivity index (χ1n) is 5.33. The summed E-state index contributed by atoms with van der Waals surface area (Å²) in [6, 6.07) is 8.79. The molecular weight excluding hydrogens is 218 g/mol. The average Bonchev–Trinajstić information content (AvgIpc) is 2.83. The molecule has 0 amide bonds. The summed E-state index contributed by atoms with van der Waals surface area (Å²) in [5.74, 6) is -1.08. The summed E-state index contributed by atoms with van der Waals surface area (Å²) in [6.45, 7) is 1.87. The number of carbonyl (C=O) groups is 1. The van der Waals surface area contributed by atoms with Crippen molar-refractivity contribution in [3.05, 3.63) is 48.3 Å². The Kier molecular flexibility index (Phi) is 3.18. The van der Waals surface area contributed by atoms with Crippen molar-refractivity contribution < 1.29 is 9.90 Å². The Labute approximate surface area is 98.7 Å². The number of aliphatic carboxylic acids is 1. The van der Waals surface area contributed by atoms with E-state index in [-0.39, 0.29) is 5.92 Å². The van der Waals surface area contributed by atoms with Gasteiger partial charge >= 0.3 is 5.97 Å². The number of nitrogens with zero attached hydrogens (tertiary/aromatic N) is 3. The van der Waals surface area contributed by atoms with Gasteiger partial charge < -0.3 is 5.11 Å². The van der Waals surface area contributed by atoms with E-state index in [1.165, 1.54) is 10.9 Å². The molecular formula is C12H13N3O2. The molecule has 5 nitrogen and oxygen atoms in total. The van der Waals surface area contributed by atoms with Crippen LogP contribution in [0.2, 0.25) is 0 Å². The van der Waals surface area contributed by atoms with Crippen LogP contribution in [0.3, 0.4) is 0 Å². The van der Waals surface area contributed by atoms with E-state index in [0.29, 0.717) is 0 Å². The van der Waals surface area contributed by atoms with Crippen molar-refractivity contribution in [2.75, 3.05) is 0 Å². The molecule has 0 fully saturated rings. The molecule has 2 rings (SSSR count). The number of benzene rings is 1. The van der Waals surface area contributed by atoms with Gasteiger partial charge in [0.25, 0.3) is 0 Å². The van der Waals surface area contributed by atoms with Crippen LogP contribution in [-0.4, -0.2) is 26.1 Å². The fraction of sp³-hybridized carbons (Fsp3) is 0.250. The van der Waals surface area contributed by atoms with Crippen LogP contribution in [0.5, 0.6) is 0 Å². The lowest BCUT2D eigenvalue weighted by Crippen LogP contribution is -2.25. The minimum absolute atomic E-state index is 0.171. The minimum Gasteiger partial charge on any atom is -0.480 e. The van der Waals surface area contributed by atoms with Crippen molar-refractivity contribution >= 4 is 5.97 Å². The molecule has 1 aromatic carbocycles. The number of hydrogen-bond donors (Lipinski definition) is 1. The molecule has 2 atom stereocenters. The Balaban J connectivity index is 2.32.